The lowest BCUT2D eigenvalue weighted by atomic mass is 10.2. The largest absolute Gasteiger partial charge is 0.360 e. The van der Waals surface area contributed by atoms with Crippen LogP contribution in [0.1, 0.15) is 56.1 Å². The third-order valence-electron chi connectivity index (χ3n) is 3.46. The first-order chi connectivity index (χ1) is 9.24. The summed E-state index contributed by atoms with van der Waals surface area (Å²) in [6.07, 6.45) is 3.88. The van der Waals surface area contributed by atoms with Crippen molar-refractivity contribution >= 4 is 0 Å². The van der Waals surface area contributed by atoms with E-state index in [-0.39, 0.29) is 12.0 Å². The molecule has 1 aliphatic rings. The molecule has 1 fully saturated rings. The van der Waals surface area contributed by atoms with Crippen LogP contribution in [0.15, 0.2) is 21.3 Å². The van der Waals surface area contributed by atoms with Crippen LogP contribution in [-0.2, 0) is 6.54 Å². The number of hydrogen-bond donors (Lipinski definition) is 0. The third kappa shape index (κ3) is 2.53. The summed E-state index contributed by atoms with van der Waals surface area (Å²) < 4.78 is 10.5. The molecule has 6 nitrogen and oxygen atoms in total. The highest BCUT2D eigenvalue weighted by Gasteiger charge is 2.30. The Balaban J connectivity index is 1.74. The fourth-order valence-electron chi connectivity index (χ4n) is 2.45. The molecule has 0 amide bonds. The second kappa shape index (κ2) is 5.13. The predicted octanol–water partition coefficient (Wildman–Crippen LogP) is 2.52. The summed E-state index contributed by atoms with van der Waals surface area (Å²) in [6, 6.07) is 2.12. The average molecular weight is 262 g/mol. The monoisotopic (exact) mass is 262 g/mol. The van der Waals surface area contributed by atoms with Crippen molar-refractivity contribution in [2.24, 2.45) is 0 Å². The molecular weight excluding hydrogens is 244 g/mol. The molecule has 3 rings (SSSR count). The van der Waals surface area contributed by atoms with Crippen molar-refractivity contribution in [2.45, 2.75) is 45.2 Å². The second-order valence-electron chi connectivity index (χ2n) is 5.25. The maximum atomic E-state index is 5.30. The predicted molar refractivity (Wildman–Crippen MR) is 67.3 cm³/mol. The smallest absolute Gasteiger partial charge is 0.229 e. The molecule has 102 valence electrons. The molecule has 2 aromatic rings. The van der Waals surface area contributed by atoms with Gasteiger partial charge in [-0.2, -0.15) is 4.98 Å². The number of hydrogen-bond acceptors (Lipinski definition) is 6. The fourth-order valence-corrected chi connectivity index (χ4v) is 2.45. The second-order valence-corrected chi connectivity index (χ2v) is 5.25. The van der Waals surface area contributed by atoms with Gasteiger partial charge in [0, 0.05) is 12.0 Å². The zero-order valence-corrected chi connectivity index (χ0v) is 11.2. The first kappa shape index (κ1) is 12.3. The molecular formula is C13H18N4O2. The maximum absolute atomic E-state index is 5.30. The van der Waals surface area contributed by atoms with Gasteiger partial charge < -0.3 is 9.05 Å². The highest BCUT2D eigenvalue weighted by molar-refractivity contribution is 5.02. The number of aromatic nitrogens is 3. The third-order valence-corrected chi connectivity index (χ3v) is 3.46. The van der Waals surface area contributed by atoms with Crippen molar-refractivity contribution in [3.63, 3.8) is 0 Å². The standard InChI is InChI=1S/C13H18N4O2/c1-9(2)13-15-12(16-19-13)11-4-3-7-17(11)8-10-5-6-14-18-10/h5-6,9,11H,3-4,7-8H2,1-2H3/t11-/m0/s1. The topological polar surface area (TPSA) is 68.2 Å². The van der Waals surface area contributed by atoms with Crippen LogP contribution in [0.3, 0.4) is 0 Å². The molecule has 0 bridgehead atoms. The molecule has 0 aromatic carbocycles. The molecule has 0 radical (unpaired) electrons. The summed E-state index contributed by atoms with van der Waals surface area (Å²) in [7, 11) is 0. The Hall–Kier alpha value is -1.69. The van der Waals surface area contributed by atoms with Gasteiger partial charge in [-0.1, -0.05) is 24.2 Å². The number of nitrogens with zero attached hydrogens (tertiary/aromatic N) is 4. The average Bonchev–Trinajstić information content (AvgIpc) is 3.09. The Bertz CT molecular complexity index is 520. The lowest BCUT2D eigenvalue weighted by Crippen LogP contribution is -2.23. The van der Waals surface area contributed by atoms with Crippen LogP contribution in [0.25, 0.3) is 0 Å². The van der Waals surface area contributed by atoms with E-state index in [4.69, 9.17) is 9.05 Å². The molecule has 0 spiro atoms. The summed E-state index contributed by atoms with van der Waals surface area (Å²) in [5.41, 5.74) is 0. The first-order valence-electron chi connectivity index (χ1n) is 6.71. The van der Waals surface area contributed by atoms with Gasteiger partial charge in [-0.15, -0.1) is 0 Å². The Labute approximate surface area is 111 Å². The van der Waals surface area contributed by atoms with Crippen LogP contribution in [0.2, 0.25) is 0 Å². The van der Waals surface area contributed by atoms with Crippen molar-refractivity contribution < 1.29 is 9.05 Å². The molecule has 0 aliphatic carbocycles. The van der Waals surface area contributed by atoms with Crippen LogP contribution >= 0.6 is 0 Å². The summed E-state index contributed by atoms with van der Waals surface area (Å²) in [6.45, 7) is 5.88. The molecule has 0 saturated carbocycles. The van der Waals surface area contributed by atoms with Gasteiger partial charge >= 0.3 is 0 Å². The summed E-state index contributed by atoms with van der Waals surface area (Å²) >= 11 is 0. The van der Waals surface area contributed by atoms with E-state index in [2.05, 4.69) is 34.0 Å². The minimum absolute atomic E-state index is 0.223. The molecule has 3 heterocycles. The van der Waals surface area contributed by atoms with Gasteiger partial charge in [-0.3, -0.25) is 4.90 Å². The molecule has 0 N–H and O–H groups in total. The summed E-state index contributed by atoms with van der Waals surface area (Å²) in [4.78, 5) is 6.82. The Morgan fingerprint density at radius 1 is 1.42 bits per heavy atom. The van der Waals surface area contributed by atoms with E-state index in [1.54, 1.807) is 6.20 Å². The summed E-state index contributed by atoms with van der Waals surface area (Å²) in [5.74, 6) is 2.65. The van der Waals surface area contributed by atoms with Crippen LogP contribution in [0.5, 0.6) is 0 Å². The van der Waals surface area contributed by atoms with Gasteiger partial charge in [-0.25, -0.2) is 0 Å². The zero-order valence-electron chi connectivity index (χ0n) is 11.2. The molecule has 1 aliphatic heterocycles. The van der Waals surface area contributed by atoms with Gasteiger partial charge in [0.2, 0.25) is 5.89 Å². The van der Waals surface area contributed by atoms with E-state index < -0.39 is 0 Å². The van der Waals surface area contributed by atoms with E-state index in [0.717, 1.165) is 37.5 Å². The maximum Gasteiger partial charge on any atom is 0.229 e. The van der Waals surface area contributed by atoms with Gasteiger partial charge in [0.1, 0.15) is 0 Å². The van der Waals surface area contributed by atoms with Crippen molar-refractivity contribution in [2.75, 3.05) is 6.54 Å². The quantitative estimate of drug-likeness (QED) is 0.843. The Morgan fingerprint density at radius 2 is 2.32 bits per heavy atom. The SMILES string of the molecule is CC(C)c1nc([C@@H]2CCCN2Cc2ccno2)no1. The Kier molecular flexibility index (Phi) is 3.33. The van der Waals surface area contributed by atoms with Crippen molar-refractivity contribution in [1.29, 1.82) is 0 Å². The molecule has 19 heavy (non-hydrogen) atoms. The normalized spacial score (nSPS) is 20.5. The number of likely N-dealkylation sites (tertiary alicyclic amines) is 1. The molecule has 2 aromatic heterocycles. The minimum Gasteiger partial charge on any atom is -0.360 e. The first-order valence-corrected chi connectivity index (χ1v) is 6.71. The van der Waals surface area contributed by atoms with Crippen LogP contribution in [0, 0.1) is 0 Å². The van der Waals surface area contributed by atoms with Crippen LogP contribution < -0.4 is 0 Å². The van der Waals surface area contributed by atoms with E-state index in [0.29, 0.717) is 5.89 Å². The highest BCUT2D eigenvalue weighted by Crippen LogP contribution is 2.32. The van der Waals surface area contributed by atoms with Crippen molar-refractivity contribution in [3.8, 4) is 0 Å². The van der Waals surface area contributed by atoms with Gasteiger partial charge in [0.25, 0.3) is 0 Å². The van der Waals surface area contributed by atoms with Crippen molar-refractivity contribution in [1.82, 2.24) is 20.2 Å². The summed E-state index contributed by atoms with van der Waals surface area (Å²) in [5, 5.41) is 7.86. The van der Waals surface area contributed by atoms with Gasteiger partial charge in [0.05, 0.1) is 18.8 Å². The van der Waals surface area contributed by atoms with Crippen molar-refractivity contribution in [3.05, 3.63) is 29.7 Å². The molecule has 1 saturated heterocycles. The highest BCUT2D eigenvalue weighted by atomic mass is 16.5. The van der Waals surface area contributed by atoms with E-state index in [1.807, 2.05) is 6.07 Å². The zero-order chi connectivity index (χ0) is 13.2. The van der Waals surface area contributed by atoms with Gasteiger partial charge in [0.15, 0.2) is 11.6 Å². The van der Waals surface area contributed by atoms with Crippen LogP contribution in [0.4, 0.5) is 0 Å². The van der Waals surface area contributed by atoms with Crippen LogP contribution in [-0.4, -0.2) is 26.7 Å². The van der Waals surface area contributed by atoms with E-state index in [9.17, 15) is 0 Å². The minimum atomic E-state index is 0.223. The molecule has 1 atom stereocenters. The van der Waals surface area contributed by atoms with E-state index >= 15 is 0 Å². The Morgan fingerprint density at radius 3 is 3.00 bits per heavy atom. The lowest BCUT2D eigenvalue weighted by Gasteiger charge is -2.19. The number of rotatable bonds is 4. The fraction of sp³-hybridized carbons (Fsp3) is 0.615. The molecule has 6 heteroatoms. The lowest BCUT2D eigenvalue weighted by molar-refractivity contribution is 0.207. The van der Waals surface area contributed by atoms with Gasteiger partial charge in [-0.05, 0) is 19.4 Å². The van der Waals surface area contributed by atoms with E-state index in [1.165, 1.54) is 0 Å². The molecule has 0 unspecified atom stereocenters.